The van der Waals surface area contributed by atoms with Crippen molar-refractivity contribution in [2.45, 2.75) is 0 Å². The normalized spacial score (nSPS) is 10.4. The Morgan fingerprint density at radius 1 is 1.11 bits per heavy atom. The van der Waals surface area contributed by atoms with Gasteiger partial charge < -0.3 is 4.98 Å². The predicted molar refractivity (Wildman–Crippen MR) is 65.7 cm³/mol. The standard InChI is InChI=1S/C12H9N5O/c18-12-9(2-1-5-14-12)11-15-10(16-17-11)8-3-6-13-7-4-8/h1-7H,(H,14,18)(H,15,16,17). The van der Waals surface area contributed by atoms with Gasteiger partial charge in [0.1, 0.15) is 0 Å². The first-order valence-corrected chi connectivity index (χ1v) is 5.35. The van der Waals surface area contributed by atoms with Crippen molar-refractivity contribution in [3.8, 4) is 22.8 Å². The lowest BCUT2D eigenvalue weighted by molar-refractivity contribution is 1.09. The van der Waals surface area contributed by atoms with E-state index in [0.29, 0.717) is 17.2 Å². The summed E-state index contributed by atoms with van der Waals surface area (Å²) in [5.41, 5.74) is 1.11. The third-order valence-corrected chi connectivity index (χ3v) is 2.50. The molecular formula is C12H9N5O. The molecular weight excluding hydrogens is 230 g/mol. The number of nitrogens with one attached hydrogen (secondary N) is 2. The van der Waals surface area contributed by atoms with Gasteiger partial charge in [-0.1, -0.05) is 0 Å². The Bertz CT molecular complexity index is 716. The second kappa shape index (κ2) is 4.25. The second-order valence-electron chi connectivity index (χ2n) is 3.66. The average molecular weight is 239 g/mol. The maximum absolute atomic E-state index is 11.6. The van der Waals surface area contributed by atoms with Crippen LogP contribution in [-0.4, -0.2) is 25.1 Å². The van der Waals surface area contributed by atoms with E-state index in [9.17, 15) is 4.79 Å². The third kappa shape index (κ3) is 1.80. The third-order valence-electron chi connectivity index (χ3n) is 2.50. The monoisotopic (exact) mass is 239 g/mol. The van der Waals surface area contributed by atoms with E-state index < -0.39 is 0 Å². The summed E-state index contributed by atoms with van der Waals surface area (Å²) in [5, 5.41) is 6.85. The molecule has 3 rings (SSSR count). The zero-order chi connectivity index (χ0) is 12.4. The minimum absolute atomic E-state index is 0.199. The Kier molecular flexibility index (Phi) is 2.45. The number of rotatable bonds is 2. The van der Waals surface area contributed by atoms with Gasteiger partial charge in [0.15, 0.2) is 11.6 Å². The van der Waals surface area contributed by atoms with Gasteiger partial charge in [-0.3, -0.25) is 14.9 Å². The lowest BCUT2D eigenvalue weighted by atomic mass is 10.2. The van der Waals surface area contributed by atoms with E-state index in [2.05, 4.69) is 25.1 Å². The highest BCUT2D eigenvalue weighted by Crippen LogP contribution is 2.16. The van der Waals surface area contributed by atoms with E-state index in [0.717, 1.165) is 5.56 Å². The van der Waals surface area contributed by atoms with Crippen molar-refractivity contribution in [3.63, 3.8) is 0 Å². The maximum atomic E-state index is 11.6. The number of H-pyrrole nitrogens is 2. The highest BCUT2D eigenvalue weighted by atomic mass is 16.1. The largest absolute Gasteiger partial charge is 0.328 e. The van der Waals surface area contributed by atoms with Gasteiger partial charge in [0.05, 0.1) is 5.56 Å². The quantitative estimate of drug-likeness (QED) is 0.703. The van der Waals surface area contributed by atoms with Crippen LogP contribution in [0.5, 0.6) is 0 Å². The molecule has 0 radical (unpaired) electrons. The van der Waals surface area contributed by atoms with E-state index in [1.54, 1.807) is 30.7 Å². The number of aromatic nitrogens is 5. The summed E-state index contributed by atoms with van der Waals surface area (Å²) in [4.78, 5) is 22.4. The SMILES string of the molecule is O=c1[nH]cccc1-c1nc(-c2ccncc2)n[nH]1. The molecule has 0 spiro atoms. The minimum Gasteiger partial charge on any atom is -0.328 e. The van der Waals surface area contributed by atoms with Crippen molar-refractivity contribution in [2.24, 2.45) is 0 Å². The summed E-state index contributed by atoms with van der Waals surface area (Å²) < 4.78 is 0. The Labute approximate surface area is 102 Å². The molecule has 3 aromatic rings. The molecule has 0 bridgehead atoms. The molecule has 0 amide bonds. The molecule has 88 valence electrons. The number of nitrogens with zero attached hydrogens (tertiary/aromatic N) is 3. The van der Waals surface area contributed by atoms with E-state index in [1.807, 2.05) is 12.1 Å². The Morgan fingerprint density at radius 2 is 1.94 bits per heavy atom. The van der Waals surface area contributed by atoms with Gasteiger partial charge in [-0.25, -0.2) is 4.98 Å². The highest BCUT2D eigenvalue weighted by molar-refractivity contribution is 5.59. The van der Waals surface area contributed by atoms with Crippen molar-refractivity contribution < 1.29 is 0 Å². The molecule has 18 heavy (non-hydrogen) atoms. The zero-order valence-corrected chi connectivity index (χ0v) is 9.29. The van der Waals surface area contributed by atoms with E-state index in [1.165, 1.54) is 0 Å². The number of aromatic amines is 2. The zero-order valence-electron chi connectivity index (χ0n) is 9.29. The van der Waals surface area contributed by atoms with E-state index in [-0.39, 0.29) is 5.56 Å². The summed E-state index contributed by atoms with van der Waals surface area (Å²) in [6.45, 7) is 0. The summed E-state index contributed by atoms with van der Waals surface area (Å²) in [5.74, 6) is 0.985. The molecule has 3 aromatic heterocycles. The van der Waals surface area contributed by atoms with Crippen molar-refractivity contribution >= 4 is 0 Å². The van der Waals surface area contributed by atoms with Gasteiger partial charge in [-0.2, -0.15) is 5.10 Å². The molecule has 0 aliphatic heterocycles. The molecule has 2 N–H and O–H groups in total. The first kappa shape index (κ1) is 10.4. The van der Waals surface area contributed by atoms with Crippen molar-refractivity contribution in [2.75, 3.05) is 0 Å². The van der Waals surface area contributed by atoms with Crippen LogP contribution in [0.15, 0.2) is 47.7 Å². The first-order valence-electron chi connectivity index (χ1n) is 5.35. The molecule has 0 fully saturated rings. The topological polar surface area (TPSA) is 87.3 Å². The van der Waals surface area contributed by atoms with Gasteiger partial charge in [0.25, 0.3) is 5.56 Å². The first-order chi connectivity index (χ1) is 8.84. The van der Waals surface area contributed by atoms with Crippen molar-refractivity contribution in [1.29, 1.82) is 0 Å². The van der Waals surface area contributed by atoms with Crippen LogP contribution in [0.2, 0.25) is 0 Å². The fourth-order valence-corrected chi connectivity index (χ4v) is 1.62. The highest BCUT2D eigenvalue weighted by Gasteiger charge is 2.09. The molecule has 0 aromatic carbocycles. The Morgan fingerprint density at radius 3 is 2.72 bits per heavy atom. The maximum Gasteiger partial charge on any atom is 0.259 e. The molecule has 6 nitrogen and oxygen atoms in total. The molecule has 0 aliphatic carbocycles. The van der Waals surface area contributed by atoms with Crippen molar-refractivity contribution in [1.82, 2.24) is 25.1 Å². The molecule has 0 saturated carbocycles. The minimum atomic E-state index is -0.199. The molecule has 0 unspecified atom stereocenters. The lowest BCUT2D eigenvalue weighted by Crippen LogP contribution is -2.07. The smallest absolute Gasteiger partial charge is 0.259 e. The summed E-state index contributed by atoms with van der Waals surface area (Å²) in [6.07, 6.45) is 4.91. The van der Waals surface area contributed by atoms with Crippen LogP contribution in [0.4, 0.5) is 0 Å². The van der Waals surface area contributed by atoms with E-state index in [4.69, 9.17) is 0 Å². The average Bonchev–Trinajstić information content (AvgIpc) is 2.90. The summed E-state index contributed by atoms with van der Waals surface area (Å²) >= 11 is 0. The number of hydrogen-bond donors (Lipinski definition) is 2. The van der Waals surface area contributed by atoms with Crippen LogP contribution in [0.3, 0.4) is 0 Å². The van der Waals surface area contributed by atoms with Crippen LogP contribution in [-0.2, 0) is 0 Å². The van der Waals surface area contributed by atoms with Crippen molar-refractivity contribution in [3.05, 3.63) is 53.2 Å². The Balaban J connectivity index is 2.06. The van der Waals surface area contributed by atoms with Crippen LogP contribution in [0.25, 0.3) is 22.8 Å². The lowest BCUT2D eigenvalue weighted by Gasteiger charge is -1.93. The number of pyridine rings is 2. The molecule has 0 saturated heterocycles. The van der Waals surface area contributed by atoms with E-state index >= 15 is 0 Å². The fraction of sp³-hybridized carbons (Fsp3) is 0. The van der Waals surface area contributed by atoms with Gasteiger partial charge >= 0.3 is 0 Å². The molecule has 6 heteroatoms. The van der Waals surface area contributed by atoms with Gasteiger partial charge in [0, 0.05) is 24.2 Å². The van der Waals surface area contributed by atoms with Crippen LogP contribution in [0.1, 0.15) is 0 Å². The van der Waals surface area contributed by atoms with Crippen LogP contribution < -0.4 is 5.56 Å². The fourth-order valence-electron chi connectivity index (χ4n) is 1.62. The summed E-state index contributed by atoms with van der Waals surface area (Å²) in [7, 11) is 0. The molecule has 3 heterocycles. The van der Waals surface area contributed by atoms with Gasteiger partial charge in [-0.15, -0.1) is 0 Å². The van der Waals surface area contributed by atoms with Crippen LogP contribution in [0, 0.1) is 0 Å². The number of hydrogen-bond acceptors (Lipinski definition) is 4. The predicted octanol–water partition coefficient (Wildman–Crippen LogP) is 1.22. The summed E-state index contributed by atoms with van der Waals surface area (Å²) in [6, 6.07) is 7.05. The second-order valence-corrected chi connectivity index (χ2v) is 3.66. The molecule has 0 atom stereocenters. The van der Waals surface area contributed by atoms with Gasteiger partial charge in [0.2, 0.25) is 0 Å². The molecule has 0 aliphatic rings. The van der Waals surface area contributed by atoms with Crippen LogP contribution >= 0.6 is 0 Å². The van der Waals surface area contributed by atoms with Gasteiger partial charge in [-0.05, 0) is 24.3 Å². The Hall–Kier alpha value is -2.76.